The second-order valence-electron chi connectivity index (χ2n) is 10.5. The first-order valence-electron chi connectivity index (χ1n) is 13.3. The van der Waals surface area contributed by atoms with E-state index in [1.54, 1.807) is 23.8 Å². The average molecular weight is 593 g/mol. The largest absolute Gasteiger partial charge is 0.548 e. The van der Waals surface area contributed by atoms with Crippen molar-refractivity contribution in [3.05, 3.63) is 22.4 Å². The summed E-state index contributed by atoms with van der Waals surface area (Å²) in [6.45, 7) is -0.0574. The van der Waals surface area contributed by atoms with E-state index in [2.05, 4.69) is 10.6 Å². The van der Waals surface area contributed by atoms with Gasteiger partial charge in [0, 0.05) is 37.0 Å². The molecule has 1 aromatic rings. The summed E-state index contributed by atoms with van der Waals surface area (Å²) in [6.07, 6.45) is 3.74. The van der Waals surface area contributed by atoms with Crippen LogP contribution in [0.1, 0.15) is 48.2 Å². The van der Waals surface area contributed by atoms with Gasteiger partial charge in [0.2, 0.25) is 17.7 Å². The second-order valence-corrected chi connectivity index (χ2v) is 12.3. The zero-order chi connectivity index (χ0) is 29.0. The zero-order valence-corrected chi connectivity index (χ0v) is 23.7. The lowest BCUT2D eigenvalue weighted by atomic mass is 9.77. The van der Waals surface area contributed by atoms with E-state index in [0.717, 1.165) is 0 Å². The highest BCUT2D eigenvalue weighted by atomic mass is 32.2. The van der Waals surface area contributed by atoms with Gasteiger partial charge in [0.15, 0.2) is 0 Å². The van der Waals surface area contributed by atoms with Crippen LogP contribution in [-0.4, -0.2) is 94.6 Å². The number of hydrogen-bond acceptors (Lipinski definition) is 10. The van der Waals surface area contributed by atoms with Gasteiger partial charge in [-0.3, -0.25) is 19.2 Å². The molecule has 40 heavy (non-hydrogen) atoms. The van der Waals surface area contributed by atoms with Crippen LogP contribution in [0.15, 0.2) is 17.5 Å². The predicted octanol–water partition coefficient (Wildman–Crippen LogP) is -1.80. The lowest BCUT2D eigenvalue weighted by Gasteiger charge is -2.37. The number of carbonyl (C=O) groups is 6. The van der Waals surface area contributed by atoms with E-state index in [9.17, 15) is 39.0 Å². The minimum Gasteiger partial charge on any atom is -0.548 e. The molecule has 2 N–H and O–H groups in total. The van der Waals surface area contributed by atoms with Gasteiger partial charge in [-0.15, -0.1) is 11.3 Å². The Labute approximate surface area is 239 Å². The third-order valence-corrected chi connectivity index (χ3v) is 9.25. The lowest BCUT2D eigenvalue weighted by Crippen LogP contribution is -2.54. The number of hydrogen-bond donors (Lipinski definition) is 2. The molecule has 0 unspecified atom stereocenters. The van der Waals surface area contributed by atoms with Gasteiger partial charge in [-0.2, -0.15) is 11.8 Å². The number of thiophene rings is 1. The summed E-state index contributed by atoms with van der Waals surface area (Å²) in [5.41, 5.74) is 0. The van der Waals surface area contributed by atoms with Gasteiger partial charge in [0.05, 0.1) is 34.7 Å². The van der Waals surface area contributed by atoms with E-state index in [1.807, 2.05) is 0 Å². The van der Waals surface area contributed by atoms with E-state index in [4.69, 9.17) is 0 Å². The van der Waals surface area contributed by atoms with Gasteiger partial charge in [-0.05, 0) is 43.4 Å². The fourth-order valence-corrected chi connectivity index (χ4v) is 7.00. The maximum absolute atomic E-state index is 13.8. The highest BCUT2D eigenvalue weighted by Gasteiger charge is 2.47. The number of nitrogens with zero attached hydrogens (tertiary/aromatic N) is 2. The Bertz CT molecular complexity index is 1150. The highest BCUT2D eigenvalue weighted by Crippen LogP contribution is 2.36. The average Bonchev–Trinajstić information content (AvgIpc) is 3.68. The van der Waals surface area contributed by atoms with Gasteiger partial charge in [0.25, 0.3) is 5.91 Å². The van der Waals surface area contributed by atoms with Crippen LogP contribution in [0.3, 0.4) is 0 Å². The highest BCUT2D eigenvalue weighted by molar-refractivity contribution is 7.99. The minimum atomic E-state index is -1.44. The molecule has 0 radical (unpaired) electrons. The van der Waals surface area contributed by atoms with E-state index >= 15 is 0 Å². The quantitative estimate of drug-likeness (QED) is 0.335. The Morgan fingerprint density at radius 2 is 1.43 bits per heavy atom. The molecular formula is C26H32N4O8S2-2. The number of amides is 4. The minimum absolute atomic E-state index is 0.00400. The van der Waals surface area contributed by atoms with Crippen molar-refractivity contribution in [1.82, 2.24) is 20.4 Å². The monoisotopic (exact) mass is 592 g/mol. The first-order valence-corrected chi connectivity index (χ1v) is 15.5. The first kappa shape index (κ1) is 29.8. The van der Waals surface area contributed by atoms with Crippen LogP contribution >= 0.6 is 23.1 Å². The molecule has 2 saturated heterocycles. The van der Waals surface area contributed by atoms with Crippen molar-refractivity contribution < 1.29 is 39.0 Å². The predicted molar refractivity (Wildman–Crippen MR) is 142 cm³/mol. The first-order chi connectivity index (χ1) is 19.1. The van der Waals surface area contributed by atoms with E-state index in [0.29, 0.717) is 30.6 Å². The Balaban J connectivity index is 1.48. The maximum Gasteiger partial charge on any atom is 0.261 e. The van der Waals surface area contributed by atoms with Crippen molar-refractivity contribution in [1.29, 1.82) is 0 Å². The molecule has 218 valence electrons. The molecule has 6 atom stereocenters. The summed E-state index contributed by atoms with van der Waals surface area (Å²) in [7, 11) is 0. The Kier molecular flexibility index (Phi) is 9.72. The van der Waals surface area contributed by atoms with E-state index < -0.39 is 59.8 Å². The molecule has 14 heteroatoms. The number of thioether (sulfide) groups is 1. The molecule has 12 nitrogen and oxygen atoms in total. The maximum atomic E-state index is 13.8. The summed E-state index contributed by atoms with van der Waals surface area (Å²) in [4.78, 5) is 78.8. The van der Waals surface area contributed by atoms with Crippen molar-refractivity contribution in [3.63, 3.8) is 0 Å². The molecule has 1 aliphatic carbocycles. The van der Waals surface area contributed by atoms with Crippen LogP contribution in [0.4, 0.5) is 0 Å². The summed E-state index contributed by atoms with van der Waals surface area (Å²) >= 11 is 2.56. The van der Waals surface area contributed by atoms with Gasteiger partial charge >= 0.3 is 0 Å². The fourth-order valence-electron chi connectivity index (χ4n) is 6.03. The van der Waals surface area contributed by atoms with E-state index in [1.165, 1.54) is 32.9 Å². The number of aliphatic carboxylic acids is 2. The third kappa shape index (κ3) is 6.60. The second kappa shape index (κ2) is 13.0. The number of likely N-dealkylation sites (tertiary alicyclic amines) is 2. The smallest absolute Gasteiger partial charge is 0.261 e. The number of rotatable bonds is 9. The SMILES string of the molecule is CSCC(=O)N[C@H]1C[C@@H](C(=O)[O-])N(C(=O)[C@H]2CCCC[C@@H]2C(=O)N2C[C@@H](NC(=O)c3cccs3)C[C@H]2C(=O)[O-])C1. The summed E-state index contributed by atoms with van der Waals surface area (Å²) in [5, 5.41) is 31.2. The number of carboxylic acid groups (broad SMARTS) is 2. The van der Waals surface area contributed by atoms with Crippen molar-refractivity contribution in [2.45, 2.75) is 62.7 Å². The van der Waals surface area contributed by atoms with Crippen LogP contribution in [0.2, 0.25) is 0 Å². The molecule has 0 spiro atoms. The Morgan fingerprint density at radius 3 is 1.88 bits per heavy atom. The number of nitrogens with one attached hydrogen (secondary N) is 2. The molecule has 0 aromatic carbocycles. The summed E-state index contributed by atoms with van der Waals surface area (Å²) in [5.74, 6) is -6.03. The van der Waals surface area contributed by atoms with Crippen molar-refractivity contribution in [2.75, 3.05) is 25.1 Å². The third-order valence-electron chi connectivity index (χ3n) is 7.83. The summed E-state index contributed by atoms with van der Waals surface area (Å²) in [6, 6.07) is -0.311. The van der Waals surface area contributed by atoms with Gasteiger partial charge < -0.3 is 40.2 Å². The molecular weight excluding hydrogens is 560 g/mol. The fraction of sp³-hybridized carbons (Fsp3) is 0.615. The Morgan fingerprint density at radius 1 is 0.900 bits per heavy atom. The standard InChI is InChI=1S/C26H34N4O8S2/c1-39-13-21(31)27-14-9-18(25(35)36)29(11-14)23(33)16-5-2-3-6-17(16)24(34)30-12-15(10-19(30)26(37)38)28-22(32)20-7-4-8-40-20/h4,7-8,14-19H,2-3,5-6,9-13H2,1H3,(H,27,31)(H,28,32)(H,35,36)(H,37,38)/p-2/t14-,15-,16-,17-,18-,19-/m0/s1. The zero-order valence-electron chi connectivity index (χ0n) is 22.0. The van der Waals surface area contributed by atoms with Crippen molar-refractivity contribution in [2.24, 2.45) is 11.8 Å². The van der Waals surface area contributed by atoms with Gasteiger partial charge in [-0.25, -0.2) is 0 Å². The molecule has 1 aromatic heterocycles. The van der Waals surface area contributed by atoms with Crippen LogP contribution in [0, 0.1) is 11.8 Å². The van der Waals surface area contributed by atoms with Crippen LogP contribution in [0.25, 0.3) is 0 Å². The van der Waals surface area contributed by atoms with Gasteiger partial charge in [0.1, 0.15) is 0 Å². The Hall–Kier alpha value is -3.13. The molecule has 3 heterocycles. The number of carboxylic acids is 2. The van der Waals surface area contributed by atoms with Crippen LogP contribution in [0.5, 0.6) is 0 Å². The van der Waals surface area contributed by atoms with Gasteiger partial charge in [-0.1, -0.05) is 18.9 Å². The molecule has 0 bridgehead atoms. The molecule has 4 amide bonds. The van der Waals surface area contributed by atoms with Crippen molar-refractivity contribution in [3.8, 4) is 0 Å². The molecule has 3 aliphatic rings. The molecule has 1 saturated carbocycles. The number of carbonyl (C=O) groups excluding carboxylic acids is 6. The molecule has 4 rings (SSSR count). The summed E-state index contributed by atoms with van der Waals surface area (Å²) < 4.78 is 0. The normalized spacial score (nSPS) is 28.2. The van der Waals surface area contributed by atoms with Crippen molar-refractivity contribution >= 4 is 58.7 Å². The lowest BCUT2D eigenvalue weighted by molar-refractivity contribution is -0.312. The molecule has 2 aliphatic heterocycles. The molecule has 3 fully saturated rings. The van der Waals surface area contributed by atoms with Crippen LogP contribution in [-0.2, 0) is 24.0 Å². The van der Waals surface area contributed by atoms with E-state index in [-0.39, 0.29) is 43.5 Å². The topological polar surface area (TPSA) is 179 Å². The van der Waals surface area contributed by atoms with Crippen LogP contribution < -0.4 is 20.8 Å².